The van der Waals surface area contributed by atoms with Gasteiger partial charge in [-0.05, 0) is 25.0 Å². The summed E-state index contributed by atoms with van der Waals surface area (Å²) in [5, 5.41) is 11.5. The van der Waals surface area contributed by atoms with Crippen LogP contribution in [0.1, 0.15) is 24.5 Å². The highest BCUT2D eigenvalue weighted by atomic mass is 32.2. The molecule has 0 saturated heterocycles. The molecule has 9 heteroatoms. The Morgan fingerprint density at radius 2 is 1.96 bits per heavy atom. The molecule has 2 aromatic heterocycles. The lowest BCUT2D eigenvalue weighted by molar-refractivity contribution is 0.305. The summed E-state index contributed by atoms with van der Waals surface area (Å²) in [6.45, 7) is 0. The first-order valence-electron chi connectivity index (χ1n) is 7.52. The number of sulfonamides is 1. The SMILES string of the molecule is O=S(=O)(NC1CC(c2ccon2)C1)c1cn(-c2ccccc2)nn1. The number of nitrogens with one attached hydrogen (secondary N) is 1. The van der Waals surface area contributed by atoms with Crippen LogP contribution in [0.5, 0.6) is 0 Å². The van der Waals surface area contributed by atoms with Crippen molar-refractivity contribution in [1.29, 1.82) is 0 Å². The third kappa shape index (κ3) is 2.83. The highest BCUT2D eigenvalue weighted by Crippen LogP contribution is 2.36. The molecule has 1 saturated carbocycles. The van der Waals surface area contributed by atoms with Crippen molar-refractivity contribution >= 4 is 10.0 Å². The van der Waals surface area contributed by atoms with Crippen LogP contribution >= 0.6 is 0 Å². The number of hydrogen-bond acceptors (Lipinski definition) is 6. The van der Waals surface area contributed by atoms with Gasteiger partial charge in [-0.3, -0.25) is 0 Å². The lowest BCUT2D eigenvalue weighted by Gasteiger charge is -2.33. The van der Waals surface area contributed by atoms with Gasteiger partial charge in [0.25, 0.3) is 10.0 Å². The molecule has 1 fully saturated rings. The molecule has 124 valence electrons. The zero-order chi connectivity index (χ0) is 16.6. The van der Waals surface area contributed by atoms with Crippen molar-refractivity contribution in [2.45, 2.75) is 29.8 Å². The highest BCUT2D eigenvalue weighted by Gasteiger charge is 2.35. The highest BCUT2D eigenvalue weighted by molar-refractivity contribution is 7.89. The van der Waals surface area contributed by atoms with Crippen molar-refractivity contribution in [3.63, 3.8) is 0 Å². The molecule has 1 aromatic carbocycles. The summed E-state index contributed by atoms with van der Waals surface area (Å²) in [5.74, 6) is 0.233. The Bertz CT molecular complexity index is 915. The molecule has 0 unspecified atom stereocenters. The van der Waals surface area contributed by atoms with Crippen molar-refractivity contribution in [1.82, 2.24) is 24.9 Å². The van der Waals surface area contributed by atoms with E-state index in [0.29, 0.717) is 12.8 Å². The fraction of sp³-hybridized carbons (Fsp3) is 0.267. The maximum absolute atomic E-state index is 12.4. The normalized spacial score (nSPS) is 20.7. The summed E-state index contributed by atoms with van der Waals surface area (Å²) < 4.78 is 33.7. The summed E-state index contributed by atoms with van der Waals surface area (Å²) in [6, 6.07) is 10.9. The van der Waals surface area contributed by atoms with E-state index in [1.165, 1.54) is 17.1 Å². The van der Waals surface area contributed by atoms with E-state index in [4.69, 9.17) is 4.52 Å². The van der Waals surface area contributed by atoms with E-state index in [1.54, 1.807) is 6.07 Å². The van der Waals surface area contributed by atoms with E-state index in [0.717, 1.165) is 11.4 Å². The molecule has 2 heterocycles. The number of hydrogen-bond donors (Lipinski definition) is 1. The molecule has 0 radical (unpaired) electrons. The molecule has 8 nitrogen and oxygen atoms in total. The third-order valence-electron chi connectivity index (χ3n) is 4.10. The monoisotopic (exact) mass is 345 g/mol. The van der Waals surface area contributed by atoms with Crippen LogP contribution in [-0.2, 0) is 10.0 Å². The van der Waals surface area contributed by atoms with Gasteiger partial charge in [-0.1, -0.05) is 28.6 Å². The Morgan fingerprint density at radius 3 is 2.67 bits per heavy atom. The van der Waals surface area contributed by atoms with Crippen molar-refractivity contribution in [3.05, 3.63) is 54.6 Å². The molecule has 1 aliphatic carbocycles. The van der Waals surface area contributed by atoms with Crippen molar-refractivity contribution in [3.8, 4) is 5.69 Å². The smallest absolute Gasteiger partial charge is 0.261 e. The summed E-state index contributed by atoms with van der Waals surface area (Å²) >= 11 is 0. The van der Waals surface area contributed by atoms with Crippen LogP contribution in [0, 0.1) is 0 Å². The molecule has 1 N–H and O–H groups in total. The topological polar surface area (TPSA) is 103 Å². The van der Waals surface area contributed by atoms with E-state index in [9.17, 15) is 8.42 Å². The molecule has 0 aliphatic heterocycles. The van der Waals surface area contributed by atoms with E-state index < -0.39 is 10.0 Å². The Morgan fingerprint density at radius 1 is 1.17 bits per heavy atom. The molecular formula is C15H15N5O3S. The third-order valence-corrected chi connectivity index (χ3v) is 5.49. The van der Waals surface area contributed by atoms with Gasteiger partial charge in [0.15, 0.2) is 0 Å². The first kappa shape index (κ1) is 15.0. The Kier molecular flexibility index (Phi) is 3.66. The fourth-order valence-corrected chi connectivity index (χ4v) is 3.88. The van der Waals surface area contributed by atoms with Gasteiger partial charge >= 0.3 is 0 Å². The van der Waals surface area contributed by atoms with E-state index in [2.05, 4.69) is 20.2 Å². The minimum Gasteiger partial charge on any atom is -0.365 e. The lowest BCUT2D eigenvalue weighted by atomic mass is 9.79. The average molecular weight is 345 g/mol. The van der Waals surface area contributed by atoms with Gasteiger partial charge < -0.3 is 4.52 Å². The summed E-state index contributed by atoms with van der Waals surface area (Å²) in [7, 11) is -3.69. The molecule has 24 heavy (non-hydrogen) atoms. The number of aromatic nitrogens is 4. The van der Waals surface area contributed by atoms with Crippen LogP contribution in [0.15, 0.2) is 58.4 Å². The quantitative estimate of drug-likeness (QED) is 0.751. The molecule has 1 aliphatic rings. The molecular weight excluding hydrogens is 330 g/mol. The minimum absolute atomic E-state index is 0.0868. The van der Waals surface area contributed by atoms with E-state index in [1.807, 2.05) is 30.3 Å². The van der Waals surface area contributed by atoms with Crippen LogP contribution in [0.25, 0.3) is 5.69 Å². The van der Waals surface area contributed by atoms with Crippen LogP contribution in [0.2, 0.25) is 0 Å². The molecule has 0 bridgehead atoms. The van der Waals surface area contributed by atoms with Gasteiger partial charge in [-0.2, -0.15) is 0 Å². The zero-order valence-electron chi connectivity index (χ0n) is 12.6. The van der Waals surface area contributed by atoms with E-state index in [-0.39, 0.29) is 17.0 Å². The maximum Gasteiger partial charge on any atom is 0.261 e. The molecule has 0 atom stereocenters. The number of nitrogens with zero attached hydrogens (tertiary/aromatic N) is 4. The molecule has 0 amide bonds. The summed E-state index contributed by atoms with van der Waals surface area (Å²) in [6.07, 6.45) is 4.32. The Balaban J connectivity index is 1.44. The first-order valence-corrected chi connectivity index (χ1v) is 9.00. The van der Waals surface area contributed by atoms with Crippen LogP contribution < -0.4 is 4.72 Å². The second kappa shape index (κ2) is 5.84. The van der Waals surface area contributed by atoms with Gasteiger partial charge in [0, 0.05) is 18.0 Å². The lowest BCUT2D eigenvalue weighted by Crippen LogP contribution is -2.43. The van der Waals surface area contributed by atoms with Crippen molar-refractivity contribution in [2.75, 3.05) is 0 Å². The maximum atomic E-state index is 12.4. The largest absolute Gasteiger partial charge is 0.365 e. The summed E-state index contributed by atoms with van der Waals surface area (Å²) in [4.78, 5) is 0. The van der Waals surface area contributed by atoms with Crippen molar-refractivity contribution in [2.24, 2.45) is 0 Å². The predicted octanol–water partition coefficient (Wildman–Crippen LogP) is 1.48. The number of para-hydroxylation sites is 1. The van der Waals surface area contributed by atoms with Crippen LogP contribution in [0.3, 0.4) is 0 Å². The molecule has 0 spiro atoms. The van der Waals surface area contributed by atoms with Gasteiger partial charge in [0.2, 0.25) is 5.03 Å². The van der Waals surface area contributed by atoms with E-state index >= 15 is 0 Å². The van der Waals surface area contributed by atoms with Gasteiger partial charge in [0.05, 0.1) is 17.6 Å². The predicted molar refractivity (Wildman–Crippen MR) is 83.9 cm³/mol. The molecule has 4 rings (SSSR count). The second-order valence-corrected chi connectivity index (χ2v) is 7.41. The standard InChI is InChI=1S/C15H15N5O3S/c21-24(22,18-12-8-11(9-12)14-6-7-23-17-14)15-10-20(19-16-15)13-4-2-1-3-5-13/h1-7,10-12,18H,8-9H2. The van der Waals surface area contributed by atoms with Crippen molar-refractivity contribution < 1.29 is 12.9 Å². The van der Waals surface area contributed by atoms with Crippen LogP contribution in [-0.4, -0.2) is 34.6 Å². The van der Waals surface area contributed by atoms with Gasteiger partial charge in [-0.15, -0.1) is 5.10 Å². The van der Waals surface area contributed by atoms with Crippen LogP contribution in [0.4, 0.5) is 0 Å². The molecule has 3 aromatic rings. The Labute approximate surface area is 138 Å². The number of benzene rings is 1. The fourth-order valence-electron chi connectivity index (χ4n) is 2.75. The average Bonchev–Trinajstić information content (AvgIpc) is 3.23. The zero-order valence-corrected chi connectivity index (χ0v) is 13.4. The summed E-state index contributed by atoms with van der Waals surface area (Å²) in [5.41, 5.74) is 1.61. The second-order valence-electron chi connectivity index (χ2n) is 5.75. The first-order chi connectivity index (χ1) is 11.6. The minimum atomic E-state index is -3.69. The van der Waals surface area contributed by atoms with Gasteiger partial charge in [0.1, 0.15) is 6.26 Å². The Hall–Kier alpha value is -2.52. The van der Waals surface area contributed by atoms with Gasteiger partial charge in [-0.25, -0.2) is 17.8 Å². The number of rotatable bonds is 5.